The van der Waals surface area contributed by atoms with Gasteiger partial charge >= 0.3 is 0 Å². The van der Waals surface area contributed by atoms with Crippen molar-refractivity contribution in [3.8, 4) is 5.75 Å². The Morgan fingerprint density at radius 3 is 2.67 bits per heavy atom. The number of rotatable bonds is 2. The van der Waals surface area contributed by atoms with Crippen LogP contribution in [0, 0.1) is 6.92 Å². The van der Waals surface area contributed by atoms with Crippen molar-refractivity contribution in [2.75, 3.05) is 0 Å². The smallest absolute Gasteiger partial charge is 0.127 e. The van der Waals surface area contributed by atoms with Crippen LogP contribution in [-0.2, 0) is 4.79 Å². The van der Waals surface area contributed by atoms with Gasteiger partial charge in [0, 0.05) is 5.92 Å². The molecule has 1 unspecified atom stereocenters. The summed E-state index contributed by atoms with van der Waals surface area (Å²) in [6.07, 6.45) is 0.902. The van der Waals surface area contributed by atoms with Gasteiger partial charge in [0.1, 0.15) is 12.0 Å². The lowest BCUT2D eigenvalue weighted by molar-refractivity contribution is -0.108. The molecule has 0 radical (unpaired) electrons. The molecular weight excluding hydrogens is 152 g/mol. The van der Waals surface area contributed by atoms with Gasteiger partial charge in [0.05, 0.1) is 0 Å². The maximum atomic E-state index is 10.5. The number of phenolic OH excluding ortho intramolecular Hbond substituents is 1. The third-order valence-electron chi connectivity index (χ3n) is 1.95. The molecule has 0 aromatic heterocycles. The molecule has 1 rings (SSSR count). The van der Waals surface area contributed by atoms with Crippen molar-refractivity contribution < 1.29 is 9.90 Å². The van der Waals surface area contributed by atoms with Crippen molar-refractivity contribution in [3.05, 3.63) is 29.3 Å². The first kappa shape index (κ1) is 8.78. The number of benzene rings is 1. The molecule has 0 amide bonds. The predicted octanol–water partition coefficient (Wildman–Crippen LogP) is 2.00. The van der Waals surface area contributed by atoms with Crippen LogP contribution in [0.2, 0.25) is 0 Å². The average molecular weight is 164 g/mol. The van der Waals surface area contributed by atoms with Crippen LogP contribution >= 0.6 is 0 Å². The SMILES string of the molecule is Cc1cc(O)ccc1C(C)C=O. The molecule has 12 heavy (non-hydrogen) atoms. The maximum absolute atomic E-state index is 10.5. The molecule has 0 heterocycles. The molecule has 1 aromatic rings. The van der Waals surface area contributed by atoms with Crippen LogP contribution in [-0.4, -0.2) is 11.4 Å². The van der Waals surface area contributed by atoms with E-state index in [9.17, 15) is 4.79 Å². The van der Waals surface area contributed by atoms with Gasteiger partial charge < -0.3 is 9.90 Å². The van der Waals surface area contributed by atoms with E-state index in [0.717, 1.165) is 17.4 Å². The number of carbonyl (C=O) groups excluding carboxylic acids is 1. The molecule has 0 saturated carbocycles. The Hall–Kier alpha value is -1.31. The number of hydrogen-bond acceptors (Lipinski definition) is 2. The first-order valence-corrected chi connectivity index (χ1v) is 3.90. The van der Waals surface area contributed by atoms with Crippen molar-refractivity contribution in [1.29, 1.82) is 0 Å². The zero-order chi connectivity index (χ0) is 9.14. The predicted molar refractivity (Wildman–Crippen MR) is 47.3 cm³/mol. The molecule has 0 bridgehead atoms. The Bertz CT molecular complexity index is 292. The Morgan fingerprint density at radius 1 is 1.50 bits per heavy atom. The quantitative estimate of drug-likeness (QED) is 0.679. The normalized spacial score (nSPS) is 12.5. The van der Waals surface area contributed by atoms with Gasteiger partial charge in [-0.3, -0.25) is 0 Å². The minimum Gasteiger partial charge on any atom is -0.508 e. The Labute approximate surface area is 71.8 Å². The lowest BCUT2D eigenvalue weighted by Crippen LogP contribution is -1.96. The van der Waals surface area contributed by atoms with Crippen LogP contribution in [0.25, 0.3) is 0 Å². The summed E-state index contributed by atoms with van der Waals surface area (Å²) in [7, 11) is 0. The lowest BCUT2D eigenvalue weighted by Gasteiger charge is -2.07. The summed E-state index contributed by atoms with van der Waals surface area (Å²) in [5.41, 5.74) is 1.93. The second-order valence-electron chi connectivity index (χ2n) is 2.97. The molecule has 0 saturated heterocycles. The summed E-state index contributed by atoms with van der Waals surface area (Å²) in [5.74, 6) is 0.153. The topological polar surface area (TPSA) is 37.3 Å². The van der Waals surface area contributed by atoms with Crippen LogP contribution in [0.15, 0.2) is 18.2 Å². The van der Waals surface area contributed by atoms with Gasteiger partial charge in [0.25, 0.3) is 0 Å². The van der Waals surface area contributed by atoms with Crippen molar-refractivity contribution in [2.24, 2.45) is 0 Å². The molecule has 2 nitrogen and oxygen atoms in total. The maximum Gasteiger partial charge on any atom is 0.127 e. The van der Waals surface area contributed by atoms with Crippen molar-refractivity contribution in [1.82, 2.24) is 0 Å². The van der Waals surface area contributed by atoms with E-state index < -0.39 is 0 Å². The van der Waals surface area contributed by atoms with Crippen LogP contribution in [0.1, 0.15) is 24.0 Å². The summed E-state index contributed by atoms with van der Waals surface area (Å²) in [6, 6.07) is 5.04. The van der Waals surface area contributed by atoms with Crippen molar-refractivity contribution >= 4 is 6.29 Å². The summed E-state index contributed by atoms with van der Waals surface area (Å²) in [5, 5.41) is 9.10. The van der Waals surface area contributed by atoms with Gasteiger partial charge in [0.15, 0.2) is 0 Å². The highest BCUT2D eigenvalue weighted by Crippen LogP contribution is 2.21. The molecule has 0 aliphatic heterocycles. The number of phenols is 1. The second-order valence-corrected chi connectivity index (χ2v) is 2.97. The van der Waals surface area contributed by atoms with Gasteiger partial charge in [0.2, 0.25) is 0 Å². The minimum atomic E-state index is -0.0920. The van der Waals surface area contributed by atoms with Gasteiger partial charge in [-0.2, -0.15) is 0 Å². The van der Waals surface area contributed by atoms with E-state index in [0.29, 0.717) is 0 Å². The average Bonchev–Trinajstić information content (AvgIpc) is 2.03. The standard InChI is InChI=1S/C10H12O2/c1-7-5-9(12)3-4-10(7)8(2)6-11/h3-6,8,12H,1-2H3. The molecule has 64 valence electrons. The van der Waals surface area contributed by atoms with E-state index in [1.54, 1.807) is 18.2 Å². The third kappa shape index (κ3) is 1.64. The van der Waals surface area contributed by atoms with Gasteiger partial charge in [-0.25, -0.2) is 0 Å². The molecule has 0 spiro atoms. The summed E-state index contributed by atoms with van der Waals surface area (Å²) >= 11 is 0. The van der Waals surface area contributed by atoms with Gasteiger partial charge in [-0.05, 0) is 30.2 Å². The third-order valence-corrected chi connectivity index (χ3v) is 1.95. The fourth-order valence-electron chi connectivity index (χ4n) is 1.24. The highest BCUT2D eigenvalue weighted by molar-refractivity contribution is 5.62. The van der Waals surface area contributed by atoms with Crippen molar-refractivity contribution in [3.63, 3.8) is 0 Å². The second kappa shape index (κ2) is 3.39. The van der Waals surface area contributed by atoms with Gasteiger partial charge in [-0.1, -0.05) is 13.0 Å². The van der Waals surface area contributed by atoms with E-state index >= 15 is 0 Å². The molecular formula is C10H12O2. The first-order chi connectivity index (χ1) is 5.65. The lowest BCUT2D eigenvalue weighted by atomic mass is 9.98. The zero-order valence-electron chi connectivity index (χ0n) is 7.24. The fraction of sp³-hybridized carbons (Fsp3) is 0.300. The summed E-state index contributed by atoms with van der Waals surface area (Å²) in [4.78, 5) is 10.5. The van der Waals surface area contributed by atoms with E-state index in [4.69, 9.17) is 5.11 Å². The first-order valence-electron chi connectivity index (χ1n) is 3.90. The van der Waals surface area contributed by atoms with E-state index in [1.165, 1.54) is 0 Å². The number of aryl methyl sites for hydroxylation is 1. The molecule has 2 heteroatoms. The molecule has 1 aromatic carbocycles. The van der Waals surface area contributed by atoms with E-state index in [1.807, 2.05) is 13.8 Å². The molecule has 0 aliphatic rings. The number of aromatic hydroxyl groups is 1. The Balaban J connectivity index is 3.09. The highest BCUT2D eigenvalue weighted by Gasteiger charge is 2.06. The molecule has 1 atom stereocenters. The van der Waals surface area contributed by atoms with Crippen LogP contribution in [0.4, 0.5) is 0 Å². The summed E-state index contributed by atoms with van der Waals surface area (Å²) in [6.45, 7) is 3.72. The molecule has 0 fully saturated rings. The van der Waals surface area contributed by atoms with Crippen LogP contribution in [0.5, 0.6) is 5.75 Å². The fourth-order valence-corrected chi connectivity index (χ4v) is 1.24. The van der Waals surface area contributed by atoms with Gasteiger partial charge in [-0.15, -0.1) is 0 Å². The largest absolute Gasteiger partial charge is 0.508 e. The monoisotopic (exact) mass is 164 g/mol. The van der Waals surface area contributed by atoms with E-state index in [2.05, 4.69) is 0 Å². The Kier molecular flexibility index (Phi) is 2.48. The van der Waals surface area contributed by atoms with Crippen LogP contribution in [0.3, 0.4) is 0 Å². The minimum absolute atomic E-state index is 0.0920. The number of hydrogen-bond donors (Lipinski definition) is 1. The van der Waals surface area contributed by atoms with E-state index in [-0.39, 0.29) is 11.7 Å². The Morgan fingerprint density at radius 2 is 2.17 bits per heavy atom. The molecule has 0 aliphatic carbocycles. The van der Waals surface area contributed by atoms with Crippen molar-refractivity contribution in [2.45, 2.75) is 19.8 Å². The highest BCUT2D eigenvalue weighted by atomic mass is 16.3. The van der Waals surface area contributed by atoms with Crippen LogP contribution < -0.4 is 0 Å². The number of carbonyl (C=O) groups is 1. The summed E-state index contributed by atoms with van der Waals surface area (Å²) < 4.78 is 0. The zero-order valence-corrected chi connectivity index (χ0v) is 7.24. The number of aldehydes is 1. The molecule has 1 N–H and O–H groups in total.